The summed E-state index contributed by atoms with van der Waals surface area (Å²) in [5.41, 5.74) is 3.22. The van der Waals surface area contributed by atoms with Crippen LogP contribution in [0.4, 0.5) is 15.0 Å². The SMILES string of the molecule is CC(COc1ccc(-c2cnc3ccc(NC(C)c4cccc(F)c4)nn23)cc1)NC(=O)O.Cl. The molecule has 2 atom stereocenters. The average molecular weight is 486 g/mol. The second kappa shape index (κ2) is 10.8. The number of anilines is 1. The van der Waals surface area contributed by atoms with Gasteiger partial charge in [0.2, 0.25) is 0 Å². The maximum atomic E-state index is 13.5. The standard InChI is InChI=1S/C24H24FN5O3.ClH/c1-15(27-24(31)32)14-33-20-8-6-17(7-9-20)21-13-26-23-11-10-22(29-30(21)23)28-16(2)18-4-3-5-19(25)12-18;/h3-13,15-16,27H,14H2,1-2H3,(H,28,29)(H,31,32);1H. The second-order valence-corrected chi connectivity index (χ2v) is 7.74. The predicted octanol–water partition coefficient (Wildman–Crippen LogP) is 5.17. The number of halogens is 2. The quantitative estimate of drug-likeness (QED) is 0.318. The molecule has 2 heterocycles. The molecule has 4 aromatic rings. The summed E-state index contributed by atoms with van der Waals surface area (Å²) >= 11 is 0. The van der Waals surface area contributed by atoms with Gasteiger partial charge in [-0.05, 0) is 67.9 Å². The van der Waals surface area contributed by atoms with Crippen molar-refractivity contribution < 1.29 is 19.0 Å². The molecule has 178 valence electrons. The fourth-order valence-electron chi connectivity index (χ4n) is 3.42. The molecule has 2 aromatic heterocycles. The Morgan fingerprint density at radius 1 is 1.15 bits per heavy atom. The minimum atomic E-state index is -1.08. The van der Waals surface area contributed by atoms with E-state index in [2.05, 4.69) is 20.7 Å². The molecule has 0 aliphatic carbocycles. The third kappa shape index (κ3) is 5.93. The van der Waals surface area contributed by atoms with Crippen LogP contribution in [0.1, 0.15) is 25.5 Å². The Morgan fingerprint density at radius 3 is 2.62 bits per heavy atom. The largest absolute Gasteiger partial charge is 0.491 e. The first-order chi connectivity index (χ1) is 15.9. The number of carbonyl (C=O) groups is 1. The Kier molecular flexibility index (Phi) is 7.91. The summed E-state index contributed by atoms with van der Waals surface area (Å²) in [7, 11) is 0. The van der Waals surface area contributed by atoms with Gasteiger partial charge in [0.25, 0.3) is 0 Å². The first-order valence-electron chi connectivity index (χ1n) is 10.5. The monoisotopic (exact) mass is 485 g/mol. The van der Waals surface area contributed by atoms with Crippen LogP contribution in [0.3, 0.4) is 0 Å². The molecule has 2 unspecified atom stereocenters. The zero-order chi connectivity index (χ0) is 23.4. The molecule has 34 heavy (non-hydrogen) atoms. The lowest BCUT2D eigenvalue weighted by molar-refractivity contribution is 0.183. The number of rotatable bonds is 8. The average Bonchev–Trinajstić information content (AvgIpc) is 3.21. The molecule has 8 nitrogen and oxygen atoms in total. The maximum absolute atomic E-state index is 13.5. The maximum Gasteiger partial charge on any atom is 0.404 e. The van der Waals surface area contributed by atoms with Crippen molar-refractivity contribution in [1.82, 2.24) is 19.9 Å². The van der Waals surface area contributed by atoms with E-state index in [1.54, 1.807) is 23.7 Å². The van der Waals surface area contributed by atoms with Gasteiger partial charge in [0.1, 0.15) is 24.0 Å². The molecule has 1 amide bonds. The number of amides is 1. The number of ether oxygens (including phenoxy) is 1. The lowest BCUT2D eigenvalue weighted by atomic mass is 10.1. The number of nitrogens with zero attached hydrogens (tertiary/aromatic N) is 3. The molecule has 10 heteroatoms. The lowest BCUT2D eigenvalue weighted by Gasteiger charge is -2.15. The fraction of sp³-hybridized carbons (Fsp3) is 0.208. The third-order valence-electron chi connectivity index (χ3n) is 5.10. The Labute approximate surface area is 202 Å². The van der Waals surface area contributed by atoms with Crippen molar-refractivity contribution in [2.75, 3.05) is 11.9 Å². The highest BCUT2D eigenvalue weighted by atomic mass is 35.5. The molecule has 0 aliphatic rings. The van der Waals surface area contributed by atoms with Gasteiger partial charge in [-0.2, -0.15) is 0 Å². The molecule has 0 fully saturated rings. The first kappa shape index (κ1) is 24.8. The van der Waals surface area contributed by atoms with Crippen molar-refractivity contribution in [3.63, 3.8) is 0 Å². The van der Waals surface area contributed by atoms with Gasteiger partial charge in [0.15, 0.2) is 5.65 Å². The van der Waals surface area contributed by atoms with Gasteiger partial charge in [0, 0.05) is 5.56 Å². The number of hydrogen-bond acceptors (Lipinski definition) is 5. The van der Waals surface area contributed by atoms with Crippen LogP contribution in [-0.4, -0.2) is 38.4 Å². The van der Waals surface area contributed by atoms with Gasteiger partial charge in [-0.1, -0.05) is 12.1 Å². The predicted molar refractivity (Wildman–Crippen MR) is 130 cm³/mol. The van der Waals surface area contributed by atoms with E-state index in [0.717, 1.165) is 16.8 Å². The Hall–Kier alpha value is -3.85. The zero-order valence-electron chi connectivity index (χ0n) is 18.6. The number of benzene rings is 2. The summed E-state index contributed by atoms with van der Waals surface area (Å²) in [5.74, 6) is 0.991. The Morgan fingerprint density at radius 2 is 1.91 bits per heavy atom. The van der Waals surface area contributed by atoms with Crippen LogP contribution in [0.5, 0.6) is 5.75 Å². The summed E-state index contributed by atoms with van der Waals surface area (Å²) < 4.78 is 20.9. The molecular formula is C24H25ClFN5O3. The summed E-state index contributed by atoms with van der Waals surface area (Å²) in [6.07, 6.45) is 0.664. The molecule has 0 spiro atoms. The number of nitrogens with one attached hydrogen (secondary N) is 2. The molecule has 4 rings (SSSR count). The normalized spacial score (nSPS) is 12.4. The fourth-order valence-corrected chi connectivity index (χ4v) is 3.42. The van der Waals surface area contributed by atoms with Crippen LogP contribution in [0.25, 0.3) is 16.9 Å². The first-order valence-corrected chi connectivity index (χ1v) is 10.5. The van der Waals surface area contributed by atoms with Crippen molar-refractivity contribution in [3.05, 3.63) is 78.2 Å². The molecule has 0 radical (unpaired) electrons. The van der Waals surface area contributed by atoms with Crippen molar-refractivity contribution >= 4 is 30.0 Å². The van der Waals surface area contributed by atoms with E-state index in [0.29, 0.717) is 17.2 Å². The Balaban J connectivity index is 0.00000324. The molecule has 3 N–H and O–H groups in total. The molecule has 0 bridgehead atoms. The van der Waals surface area contributed by atoms with Crippen molar-refractivity contribution in [1.29, 1.82) is 0 Å². The minimum absolute atomic E-state index is 0. The number of fused-ring (bicyclic) bond motifs is 1. The van der Waals surface area contributed by atoms with Crippen molar-refractivity contribution in [2.24, 2.45) is 0 Å². The van der Waals surface area contributed by atoms with E-state index >= 15 is 0 Å². The van der Waals surface area contributed by atoms with Gasteiger partial charge in [-0.15, -0.1) is 17.5 Å². The second-order valence-electron chi connectivity index (χ2n) is 7.74. The summed E-state index contributed by atoms with van der Waals surface area (Å²) in [6.45, 7) is 3.90. The van der Waals surface area contributed by atoms with E-state index in [-0.39, 0.29) is 36.9 Å². The number of hydrogen-bond donors (Lipinski definition) is 3. The van der Waals surface area contributed by atoms with Crippen LogP contribution in [0.2, 0.25) is 0 Å². The molecule has 0 aliphatic heterocycles. The van der Waals surface area contributed by atoms with E-state index in [1.807, 2.05) is 49.4 Å². The minimum Gasteiger partial charge on any atom is -0.491 e. The van der Waals surface area contributed by atoms with Crippen LogP contribution in [0.15, 0.2) is 66.9 Å². The van der Waals surface area contributed by atoms with Crippen LogP contribution >= 0.6 is 12.4 Å². The van der Waals surface area contributed by atoms with Crippen LogP contribution in [0, 0.1) is 5.82 Å². The van der Waals surface area contributed by atoms with E-state index in [4.69, 9.17) is 9.84 Å². The summed E-state index contributed by atoms with van der Waals surface area (Å²) in [5, 5.41) is 19.1. The van der Waals surface area contributed by atoms with E-state index < -0.39 is 6.09 Å². The lowest BCUT2D eigenvalue weighted by Crippen LogP contribution is -2.35. The molecule has 2 aromatic carbocycles. The number of aromatic nitrogens is 3. The topological polar surface area (TPSA) is 101 Å². The third-order valence-corrected chi connectivity index (χ3v) is 5.10. The van der Waals surface area contributed by atoms with Gasteiger partial charge in [-0.25, -0.2) is 18.7 Å². The van der Waals surface area contributed by atoms with E-state index in [9.17, 15) is 9.18 Å². The summed E-state index contributed by atoms with van der Waals surface area (Å²) in [4.78, 5) is 15.1. The van der Waals surface area contributed by atoms with Gasteiger partial charge in [-0.3, -0.25) is 0 Å². The number of imidazole rings is 1. The highest BCUT2D eigenvalue weighted by Gasteiger charge is 2.12. The highest BCUT2D eigenvalue weighted by Crippen LogP contribution is 2.25. The van der Waals surface area contributed by atoms with Crippen molar-refractivity contribution in [2.45, 2.75) is 25.9 Å². The van der Waals surface area contributed by atoms with Crippen LogP contribution in [-0.2, 0) is 0 Å². The summed E-state index contributed by atoms with van der Waals surface area (Å²) in [6, 6.07) is 17.1. The van der Waals surface area contributed by atoms with Crippen molar-refractivity contribution in [3.8, 4) is 17.0 Å². The van der Waals surface area contributed by atoms with Gasteiger partial charge < -0.3 is 20.5 Å². The Bertz CT molecular complexity index is 1270. The molecule has 0 saturated carbocycles. The number of carboxylic acid groups (broad SMARTS) is 1. The zero-order valence-corrected chi connectivity index (χ0v) is 19.4. The van der Waals surface area contributed by atoms with E-state index in [1.165, 1.54) is 12.1 Å². The molecular weight excluding hydrogens is 461 g/mol. The molecule has 0 saturated heterocycles. The van der Waals surface area contributed by atoms with Crippen LogP contribution < -0.4 is 15.4 Å². The smallest absolute Gasteiger partial charge is 0.404 e. The van der Waals surface area contributed by atoms with Gasteiger partial charge in [0.05, 0.1) is 24.0 Å². The van der Waals surface area contributed by atoms with Gasteiger partial charge >= 0.3 is 6.09 Å². The highest BCUT2D eigenvalue weighted by molar-refractivity contribution is 5.85.